The first kappa shape index (κ1) is 10.6. The van der Waals surface area contributed by atoms with Gasteiger partial charge in [0.1, 0.15) is 0 Å². The molecule has 0 amide bonds. The van der Waals surface area contributed by atoms with E-state index < -0.39 is 0 Å². The molecule has 0 spiro atoms. The van der Waals surface area contributed by atoms with Crippen molar-refractivity contribution in [2.75, 3.05) is 0 Å². The minimum atomic E-state index is -0.163. The molecule has 0 bridgehead atoms. The maximum absolute atomic E-state index is 11.7. The molecule has 0 aromatic carbocycles. The number of H-pyrrole nitrogens is 1. The van der Waals surface area contributed by atoms with E-state index in [0.29, 0.717) is 15.4 Å². The Morgan fingerprint density at radius 3 is 2.88 bits per heavy atom. The predicted octanol–water partition coefficient (Wildman–Crippen LogP) is -0.626. The first-order valence-electron chi connectivity index (χ1n) is 4.63. The molecule has 2 rings (SSSR count). The van der Waals surface area contributed by atoms with E-state index in [9.17, 15) is 9.59 Å². The van der Waals surface area contributed by atoms with Gasteiger partial charge in [0, 0.05) is 18.8 Å². The number of hydrogen-bond acceptors (Lipinski definition) is 3. The van der Waals surface area contributed by atoms with Gasteiger partial charge in [0.05, 0.1) is 9.88 Å². The van der Waals surface area contributed by atoms with Crippen LogP contribution in [0.15, 0.2) is 27.9 Å². The van der Waals surface area contributed by atoms with Crippen molar-refractivity contribution in [1.82, 2.24) is 9.55 Å². The summed E-state index contributed by atoms with van der Waals surface area (Å²) in [6.45, 7) is 3.70. The minimum Gasteiger partial charge on any atom is -0.318 e. The molecule has 0 radical (unpaired) electrons. The number of rotatable bonds is 1. The van der Waals surface area contributed by atoms with E-state index in [2.05, 4.69) is 11.6 Å². The third-order valence-electron chi connectivity index (χ3n) is 2.19. The summed E-state index contributed by atoms with van der Waals surface area (Å²) in [5.41, 5.74) is 0.452. The van der Waals surface area contributed by atoms with Crippen LogP contribution in [0.5, 0.6) is 0 Å². The van der Waals surface area contributed by atoms with Crippen LogP contribution in [0.1, 0.15) is 5.56 Å². The van der Waals surface area contributed by atoms with Crippen molar-refractivity contribution in [1.29, 1.82) is 0 Å². The molecule has 0 atom stereocenters. The lowest BCUT2D eigenvalue weighted by atomic mass is 10.2. The largest absolute Gasteiger partial charge is 0.318 e. The van der Waals surface area contributed by atoms with E-state index in [-0.39, 0.29) is 10.4 Å². The fourth-order valence-electron chi connectivity index (χ4n) is 1.36. The zero-order valence-electron chi connectivity index (χ0n) is 8.69. The Hall–Kier alpha value is -1.88. The predicted molar refractivity (Wildman–Crippen MR) is 65.0 cm³/mol. The van der Waals surface area contributed by atoms with Crippen molar-refractivity contribution >= 4 is 24.0 Å². The van der Waals surface area contributed by atoms with Crippen LogP contribution < -0.4 is 20.3 Å². The van der Waals surface area contributed by atoms with E-state index >= 15 is 0 Å². The average molecular weight is 234 g/mol. The highest BCUT2D eigenvalue weighted by Gasteiger charge is 1.98. The highest BCUT2D eigenvalue weighted by atomic mass is 32.1. The van der Waals surface area contributed by atoms with Crippen LogP contribution >= 0.6 is 11.3 Å². The molecule has 0 unspecified atom stereocenters. The smallest absolute Gasteiger partial charge is 0.305 e. The highest BCUT2D eigenvalue weighted by Crippen LogP contribution is 1.90. The topological polar surface area (TPSA) is 54.9 Å². The minimum absolute atomic E-state index is 0.0947. The van der Waals surface area contributed by atoms with E-state index in [0.717, 1.165) is 11.3 Å². The molecule has 2 aromatic heterocycles. The van der Waals surface area contributed by atoms with Crippen molar-refractivity contribution in [3.63, 3.8) is 0 Å². The summed E-state index contributed by atoms with van der Waals surface area (Å²) >= 11 is 1.05. The molecular formula is C11H10N2O2S. The van der Waals surface area contributed by atoms with Gasteiger partial charge in [0.15, 0.2) is 0 Å². The summed E-state index contributed by atoms with van der Waals surface area (Å²) in [4.78, 5) is 25.2. The Morgan fingerprint density at radius 1 is 1.50 bits per heavy atom. The molecule has 1 N–H and O–H groups in total. The number of hydrogen-bond donors (Lipinski definition) is 1. The van der Waals surface area contributed by atoms with Crippen LogP contribution in [-0.4, -0.2) is 9.55 Å². The normalized spacial score (nSPS) is 11.9. The molecule has 5 heteroatoms. The number of pyridine rings is 1. The van der Waals surface area contributed by atoms with Crippen LogP contribution in [0.4, 0.5) is 0 Å². The summed E-state index contributed by atoms with van der Waals surface area (Å²) in [6.07, 6.45) is 3.36. The SMILES string of the molecule is C=c1[nH]c(=O)s/c1=C\c1cccn(C)c1=O. The van der Waals surface area contributed by atoms with Crippen molar-refractivity contribution < 1.29 is 0 Å². The maximum atomic E-state index is 11.7. The summed E-state index contributed by atoms with van der Waals surface area (Å²) in [7, 11) is 1.68. The fraction of sp³-hybridized carbons (Fsp3) is 0.0909. The van der Waals surface area contributed by atoms with Crippen molar-refractivity contribution in [2.24, 2.45) is 7.05 Å². The molecule has 16 heavy (non-hydrogen) atoms. The second-order valence-electron chi connectivity index (χ2n) is 3.38. The number of aromatic nitrogens is 2. The summed E-state index contributed by atoms with van der Waals surface area (Å²) in [5.74, 6) is 0. The van der Waals surface area contributed by atoms with Gasteiger partial charge in [-0.25, -0.2) is 0 Å². The first-order chi connectivity index (χ1) is 7.58. The van der Waals surface area contributed by atoms with Gasteiger partial charge in [-0.2, -0.15) is 0 Å². The Labute approximate surface area is 94.8 Å². The standard InChI is InChI=1S/C11H10N2O2S/c1-7-9(16-11(15)12-7)6-8-4-3-5-13(2)10(8)14/h3-6H,1H2,2H3,(H,12,15)/b9-6-. The Kier molecular flexibility index (Phi) is 2.62. The van der Waals surface area contributed by atoms with Gasteiger partial charge >= 0.3 is 4.87 Å². The molecule has 0 aliphatic heterocycles. The molecule has 82 valence electrons. The molecular weight excluding hydrogens is 224 g/mol. The molecule has 0 aliphatic carbocycles. The van der Waals surface area contributed by atoms with Crippen LogP contribution in [0.3, 0.4) is 0 Å². The summed E-state index contributed by atoms with van der Waals surface area (Å²) in [6, 6.07) is 3.50. The first-order valence-corrected chi connectivity index (χ1v) is 5.45. The van der Waals surface area contributed by atoms with E-state index in [4.69, 9.17) is 0 Å². The molecule has 2 heterocycles. The second-order valence-corrected chi connectivity index (χ2v) is 4.40. The lowest BCUT2D eigenvalue weighted by Gasteiger charge is -1.96. The van der Waals surface area contributed by atoms with Crippen LogP contribution in [0, 0.1) is 0 Å². The van der Waals surface area contributed by atoms with Crippen molar-refractivity contribution in [3.8, 4) is 0 Å². The second kappa shape index (κ2) is 3.94. The average Bonchev–Trinajstić information content (AvgIpc) is 2.53. The van der Waals surface area contributed by atoms with Crippen LogP contribution in [0.25, 0.3) is 12.7 Å². The lowest BCUT2D eigenvalue weighted by Crippen LogP contribution is -2.23. The highest BCUT2D eigenvalue weighted by molar-refractivity contribution is 7.07. The van der Waals surface area contributed by atoms with Gasteiger partial charge in [-0.15, -0.1) is 0 Å². The number of thiazole rings is 1. The Bertz CT molecular complexity index is 736. The molecule has 0 aliphatic rings. The van der Waals surface area contributed by atoms with Crippen molar-refractivity contribution in [2.45, 2.75) is 0 Å². The van der Waals surface area contributed by atoms with Crippen molar-refractivity contribution in [3.05, 3.63) is 53.8 Å². The van der Waals surface area contributed by atoms with Gasteiger partial charge in [0.2, 0.25) is 0 Å². The monoisotopic (exact) mass is 234 g/mol. The molecule has 0 saturated heterocycles. The van der Waals surface area contributed by atoms with Crippen LogP contribution in [-0.2, 0) is 7.05 Å². The molecule has 4 nitrogen and oxygen atoms in total. The van der Waals surface area contributed by atoms with Gasteiger partial charge < -0.3 is 9.55 Å². The Balaban J connectivity index is 2.73. The number of nitrogens with zero attached hydrogens (tertiary/aromatic N) is 1. The van der Waals surface area contributed by atoms with Gasteiger partial charge in [-0.1, -0.05) is 17.9 Å². The molecule has 0 saturated carbocycles. The maximum Gasteiger partial charge on any atom is 0.305 e. The third-order valence-corrected chi connectivity index (χ3v) is 3.06. The van der Waals surface area contributed by atoms with E-state index in [1.165, 1.54) is 4.57 Å². The van der Waals surface area contributed by atoms with Gasteiger partial charge in [-0.05, 0) is 18.2 Å². The van der Waals surface area contributed by atoms with E-state index in [1.54, 1.807) is 31.5 Å². The molecule has 0 fully saturated rings. The zero-order valence-corrected chi connectivity index (χ0v) is 9.50. The fourth-order valence-corrected chi connectivity index (χ4v) is 2.09. The summed E-state index contributed by atoms with van der Waals surface area (Å²) in [5, 5.41) is 0.543. The van der Waals surface area contributed by atoms with Crippen LogP contribution in [0.2, 0.25) is 0 Å². The summed E-state index contributed by atoms with van der Waals surface area (Å²) < 4.78 is 2.18. The lowest BCUT2D eigenvalue weighted by molar-refractivity contribution is 0.857. The zero-order chi connectivity index (χ0) is 11.7. The number of aromatic amines is 1. The van der Waals surface area contributed by atoms with Gasteiger partial charge in [-0.3, -0.25) is 9.59 Å². The molecule has 2 aromatic rings. The van der Waals surface area contributed by atoms with Gasteiger partial charge in [0.25, 0.3) is 5.56 Å². The Morgan fingerprint density at radius 2 is 2.25 bits per heavy atom. The quantitative estimate of drug-likeness (QED) is 0.714. The number of aryl methyl sites for hydroxylation is 1. The number of nitrogens with one attached hydrogen (secondary N) is 1. The van der Waals surface area contributed by atoms with E-state index in [1.807, 2.05) is 0 Å². The third kappa shape index (κ3) is 1.90.